The lowest BCUT2D eigenvalue weighted by atomic mass is 10.2. The molecule has 21 heavy (non-hydrogen) atoms. The molecule has 0 aliphatic heterocycles. The standard InChI is InChI=1S/C15H26N2O3S/c1-13(2)17(3)11-5-4-10-16-21(19,20)15-8-6-14(12-18)7-9-15/h6-9,13,16,18H,4-5,10-12H2,1-3H3. The van der Waals surface area contributed by atoms with Crippen molar-refractivity contribution in [1.82, 2.24) is 9.62 Å². The number of benzene rings is 1. The van der Waals surface area contributed by atoms with Gasteiger partial charge >= 0.3 is 0 Å². The van der Waals surface area contributed by atoms with Gasteiger partial charge in [-0.15, -0.1) is 0 Å². The molecule has 2 N–H and O–H groups in total. The zero-order chi connectivity index (χ0) is 15.9. The van der Waals surface area contributed by atoms with Gasteiger partial charge in [-0.3, -0.25) is 0 Å². The van der Waals surface area contributed by atoms with Gasteiger partial charge < -0.3 is 10.0 Å². The van der Waals surface area contributed by atoms with Crippen molar-refractivity contribution in [2.75, 3.05) is 20.1 Å². The van der Waals surface area contributed by atoms with E-state index in [-0.39, 0.29) is 11.5 Å². The molecule has 0 spiro atoms. The Hall–Kier alpha value is -0.950. The van der Waals surface area contributed by atoms with E-state index in [4.69, 9.17) is 5.11 Å². The van der Waals surface area contributed by atoms with E-state index in [9.17, 15) is 8.42 Å². The Bertz CT molecular complexity index is 512. The van der Waals surface area contributed by atoms with Gasteiger partial charge in [-0.2, -0.15) is 0 Å². The first-order valence-electron chi connectivity index (χ1n) is 7.26. The van der Waals surface area contributed by atoms with E-state index in [2.05, 4.69) is 30.5 Å². The Kier molecular flexibility index (Phi) is 7.31. The van der Waals surface area contributed by atoms with E-state index in [1.54, 1.807) is 12.1 Å². The minimum absolute atomic E-state index is 0.0862. The predicted octanol–water partition coefficient (Wildman–Crippen LogP) is 1.58. The van der Waals surface area contributed by atoms with E-state index in [1.807, 2.05) is 0 Å². The maximum absolute atomic E-state index is 12.1. The average molecular weight is 314 g/mol. The molecule has 0 fully saturated rings. The smallest absolute Gasteiger partial charge is 0.240 e. The number of nitrogens with zero attached hydrogens (tertiary/aromatic N) is 1. The molecule has 5 nitrogen and oxygen atoms in total. The van der Waals surface area contributed by atoms with Crippen molar-refractivity contribution < 1.29 is 13.5 Å². The fraction of sp³-hybridized carbons (Fsp3) is 0.600. The summed E-state index contributed by atoms with van der Waals surface area (Å²) < 4.78 is 26.7. The average Bonchev–Trinajstić information content (AvgIpc) is 2.46. The van der Waals surface area contributed by atoms with Crippen LogP contribution < -0.4 is 4.72 Å². The Labute approximate surface area is 128 Å². The maximum atomic E-state index is 12.1. The van der Waals surface area contributed by atoms with Gasteiger partial charge in [-0.1, -0.05) is 12.1 Å². The Balaban J connectivity index is 2.39. The van der Waals surface area contributed by atoms with Crippen molar-refractivity contribution in [3.05, 3.63) is 29.8 Å². The highest BCUT2D eigenvalue weighted by atomic mass is 32.2. The van der Waals surface area contributed by atoms with Crippen LogP contribution in [0, 0.1) is 0 Å². The first-order chi connectivity index (χ1) is 9.86. The zero-order valence-electron chi connectivity index (χ0n) is 13.0. The summed E-state index contributed by atoms with van der Waals surface area (Å²) >= 11 is 0. The molecular weight excluding hydrogens is 288 g/mol. The van der Waals surface area contributed by atoms with Crippen molar-refractivity contribution in [1.29, 1.82) is 0 Å². The van der Waals surface area contributed by atoms with Gasteiger partial charge in [0.25, 0.3) is 0 Å². The molecule has 0 aliphatic carbocycles. The van der Waals surface area contributed by atoms with E-state index in [1.165, 1.54) is 12.1 Å². The second kappa shape index (κ2) is 8.48. The summed E-state index contributed by atoms with van der Waals surface area (Å²) in [6.45, 7) is 5.59. The van der Waals surface area contributed by atoms with Crippen LogP contribution in [-0.2, 0) is 16.6 Å². The minimum Gasteiger partial charge on any atom is -0.392 e. The van der Waals surface area contributed by atoms with Gasteiger partial charge in [0.2, 0.25) is 10.0 Å². The van der Waals surface area contributed by atoms with Gasteiger partial charge in [0.15, 0.2) is 0 Å². The molecule has 1 aromatic carbocycles. The van der Waals surface area contributed by atoms with Gasteiger partial charge in [-0.25, -0.2) is 13.1 Å². The molecule has 0 saturated carbocycles. The first-order valence-corrected chi connectivity index (χ1v) is 8.75. The van der Waals surface area contributed by atoms with Crippen LogP contribution in [0.25, 0.3) is 0 Å². The topological polar surface area (TPSA) is 69.6 Å². The molecular formula is C15H26N2O3S. The van der Waals surface area contributed by atoms with Gasteiger partial charge in [0.1, 0.15) is 0 Å². The van der Waals surface area contributed by atoms with Crippen molar-refractivity contribution in [3.63, 3.8) is 0 Å². The third-order valence-electron chi connectivity index (χ3n) is 3.53. The molecule has 0 saturated heterocycles. The quantitative estimate of drug-likeness (QED) is 0.679. The number of unbranched alkanes of at least 4 members (excludes halogenated alkanes) is 1. The lowest BCUT2D eigenvalue weighted by molar-refractivity contribution is 0.268. The Morgan fingerprint density at radius 3 is 2.33 bits per heavy atom. The predicted molar refractivity (Wildman–Crippen MR) is 84.6 cm³/mol. The first kappa shape index (κ1) is 18.1. The van der Waals surface area contributed by atoms with Crippen LogP contribution >= 0.6 is 0 Å². The summed E-state index contributed by atoms with van der Waals surface area (Å²) in [7, 11) is -1.38. The normalized spacial score (nSPS) is 12.3. The molecule has 1 aromatic rings. The molecule has 1 rings (SSSR count). The maximum Gasteiger partial charge on any atom is 0.240 e. The van der Waals surface area contributed by atoms with Gasteiger partial charge in [0.05, 0.1) is 11.5 Å². The number of hydrogen-bond donors (Lipinski definition) is 2. The van der Waals surface area contributed by atoms with E-state index in [0.717, 1.165) is 19.4 Å². The van der Waals surface area contributed by atoms with Crippen LogP contribution in [0.5, 0.6) is 0 Å². The van der Waals surface area contributed by atoms with Crippen LogP contribution in [0.15, 0.2) is 29.2 Å². The number of aliphatic hydroxyl groups is 1. The van der Waals surface area contributed by atoms with Crippen LogP contribution in [0.4, 0.5) is 0 Å². The molecule has 0 aliphatic rings. The van der Waals surface area contributed by atoms with Crippen molar-refractivity contribution in [2.24, 2.45) is 0 Å². The monoisotopic (exact) mass is 314 g/mol. The van der Waals surface area contributed by atoms with Crippen LogP contribution in [-0.4, -0.2) is 44.6 Å². The SMILES string of the molecule is CC(C)N(C)CCCCNS(=O)(=O)c1ccc(CO)cc1. The molecule has 0 amide bonds. The Morgan fingerprint density at radius 2 is 1.81 bits per heavy atom. The fourth-order valence-electron chi connectivity index (χ4n) is 1.81. The van der Waals surface area contributed by atoms with E-state index < -0.39 is 10.0 Å². The molecule has 0 heterocycles. The van der Waals surface area contributed by atoms with Crippen LogP contribution in [0.1, 0.15) is 32.3 Å². The number of hydrogen-bond acceptors (Lipinski definition) is 4. The van der Waals surface area contributed by atoms with Gasteiger partial charge in [-0.05, 0) is 58.0 Å². The summed E-state index contributed by atoms with van der Waals surface area (Å²) in [5.74, 6) is 0. The lowest BCUT2D eigenvalue weighted by Gasteiger charge is -2.20. The molecule has 0 unspecified atom stereocenters. The molecule has 0 radical (unpaired) electrons. The van der Waals surface area contributed by atoms with Crippen molar-refractivity contribution in [3.8, 4) is 0 Å². The third-order valence-corrected chi connectivity index (χ3v) is 5.00. The summed E-state index contributed by atoms with van der Waals surface area (Å²) in [4.78, 5) is 2.47. The second-order valence-electron chi connectivity index (χ2n) is 5.48. The molecule has 6 heteroatoms. The highest BCUT2D eigenvalue weighted by molar-refractivity contribution is 7.89. The van der Waals surface area contributed by atoms with Crippen molar-refractivity contribution >= 4 is 10.0 Å². The highest BCUT2D eigenvalue weighted by Gasteiger charge is 2.12. The lowest BCUT2D eigenvalue weighted by Crippen LogP contribution is -2.29. The minimum atomic E-state index is -3.45. The molecule has 0 atom stereocenters. The largest absolute Gasteiger partial charge is 0.392 e. The number of aliphatic hydroxyl groups excluding tert-OH is 1. The number of rotatable bonds is 9. The molecule has 120 valence electrons. The third kappa shape index (κ3) is 6.13. The van der Waals surface area contributed by atoms with Crippen LogP contribution in [0.2, 0.25) is 0 Å². The molecule has 0 bridgehead atoms. The summed E-state index contributed by atoms with van der Waals surface area (Å²) in [5.41, 5.74) is 0.700. The van der Waals surface area contributed by atoms with Gasteiger partial charge in [0, 0.05) is 12.6 Å². The summed E-state index contributed by atoms with van der Waals surface area (Å²) in [6.07, 6.45) is 1.77. The van der Waals surface area contributed by atoms with Crippen molar-refractivity contribution in [2.45, 2.75) is 44.2 Å². The number of nitrogens with one attached hydrogen (secondary N) is 1. The Morgan fingerprint density at radius 1 is 1.19 bits per heavy atom. The van der Waals surface area contributed by atoms with E-state index in [0.29, 0.717) is 18.2 Å². The molecule has 0 aromatic heterocycles. The van der Waals surface area contributed by atoms with E-state index >= 15 is 0 Å². The van der Waals surface area contributed by atoms with Crippen LogP contribution in [0.3, 0.4) is 0 Å². The summed E-state index contributed by atoms with van der Waals surface area (Å²) in [6, 6.07) is 6.77. The number of sulfonamides is 1. The zero-order valence-corrected chi connectivity index (χ0v) is 13.9. The fourth-order valence-corrected chi connectivity index (χ4v) is 2.88. The highest BCUT2D eigenvalue weighted by Crippen LogP contribution is 2.10. The summed E-state index contributed by atoms with van der Waals surface area (Å²) in [5, 5.41) is 8.95. The second-order valence-corrected chi connectivity index (χ2v) is 7.25.